The molecular weight excluding hydrogens is 400 g/mol. The molecule has 0 saturated heterocycles. The smallest absolute Gasteiger partial charge is 0.336 e. The average molecular weight is 416 g/mol. The molecule has 0 saturated carbocycles. The SMILES string of the molecule is O=C(/C(=C/C(=O)c1ccccc1C(=O)O)Nc1ccccc1)c1ccc([N+](=O)[O-])cc1. The van der Waals surface area contributed by atoms with Gasteiger partial charge in [-0.1, -0.05) is 36.4 Å². The third kappa shape index (κ3) is 5.07. The summed E-state index contributed by atoms with van der Waals surface area (Å²) in [6.45, 7) is 0. The molecule has 0 atom stereocenters. The number of nitro benzene ring substituents is 1. The van der Waals surface area contributed by atoms with Crippen molar-refractivity contribution in [3.63, 3.8) is 0 Å². The van der Waals surface area contributed by atoms with E-state index in [4.69, 9.17) is 0 Å². The number of carboxylic acid groups (broad SMARTS) is 1. The summed E-state index contributed by atoms with van der Waals surface area (Å²) in [4.78, 5) is 47.6. The summed E-state index contributed by atoms with van der Waals surface area (Å²) in [5.41, 5.74) is 0.113. The Labute approximate surface area is 176 Å². The maximum Gasteiger partial charge on any atom is 0.336 e. The van der Waals surface area contributed by atoms with E-state index in [0.717, 1.165) is 6.08 Å². The van der Waals surface area contributed by atoms with Crippen molar-refractivity contribution in [1.29, 1.82) is 0 Å². The number of carbonyl (C=O) groups excluding carboxylic acids is 2. The number of Topliss-reactive ketones (excluding diaryl/α,β-unsaturated/α-hetero) is 1. The van der Waals surface area contributed by atoms with Gasteiger partial charge in [0.15, 0.2) is 5.78 Å². The van der Waals surface area contributed by atoms with Crippen LogP contribution in [0.4, 0.5) is 11.4 Å². The molecule has 154 valence electrons. The lowest BCUT2D eigenvalue weighted by atomic mass is 10.0. The Hall–Kier alpha value is -4.59. The number of nitrogens with one attached hydrogen (secondary N) is 1. The largest absolute Gasteiger partial charge is 0.478 e. The van der Waals surface area contributed by atoms with Gasteiger partial charge in [0, 0.05) is 35.0 Å². The highest BCUT2D eigenvalue weighted by molar-refractivity contribution is 6.18. The molecule has 31 heavy (non-hydrogen) atoms. The van der Waals surface area contributed by atoms with Crippen LogP contribution in [0.5, 0.6) is 0 Å². The topological polar surface area (TPSA) is 127 Å². The third-order valence-corrected chi connectivity index (χ3v) is 4.34. The number of carbonyl (C=O) groups is 3. The van der Waals surface area contributed by atoms with Gasteiger partial charge in [-0.3, -0.25) is 19.7 Å². The molecule has 0 aliphatic heterocycles. The van der Waals surface area contributed by atoms with Crippen molar-refractivity contribution in [2.45, 2.75) is 0 Å². The number of para-hydroxylation sites is 1. The van der Waals surface area contributed by atoms with E-state index in [0.29, 0.717) is 5.69 Å². The molecule has 8 heteroatoms. The molecule has 3 aromatic carbocycles. The molecule has 3 aromatic rings. The number of nitrogens with zero attached hydrogens (tertiary/aromatic N) is 1. The Kier molecular flexibility index (Phi) is 6.32. The summed E-state index contributed by atoms with van der Waals surface area (Å²) in [6.07, 6.45) is 1.03. The maximum absolute atomic E-state index is 13.0. The fourth-order valence-electron chi connectivity index (χ4n) is 2.82. The van der Waals surface area contributed by atoms with Crippen LogP contribution in [0.3, 0.4) is 0 Å². The van der Waals surface area contributed by atoms with Crippen LogP contribution >= 0.6 is 0 Å². The predicted molar refractivity (Wildman–Crippen MR) is 113 cm³/mol. The fraction of sp³-hybridized carbons (Fsp3) is 0. The molecule has 0 bridgehead atoms. The van der Waals surface area contributed by atoms with Crippen LogP contribution in [0, 0.1) is 10.1 Å². The van der Waals surface area contributed by atoms with Crippen LogP contribution in [-0.4, -0.2) is 27.6 Å². The lowest BCUT2D eigenvalue weighted by Gasteiger charge is -2.11. The first-order valence-corrected chi connectivity index (χ1v) is 9.06. The second-order valence-corrected chi connectivity index (χ2v) is 6.40. The maximum atomic E-state index is 13.0. The highest BCUT2D eigenvalue weighted by Crippen LogP contribution is 2.19. The summed E-state index contributed by atoms with van der Waals surface area (Å²) in [5, 5.41) is 23.1. The number of hydrogen-bond acceptors (Lipinski definition) is 6. The molecule has 0 unspecified atom stereocenters. The van der Waals surface area contributed by atoms with Crippen LogP contribution in [0.1, 0.15) is 31.1 Å². The number of rotatable bonds is 8. The van der Waals surface area contributed by atoms with Gasteiger partial charge in [0.1, 0.15) is 0 Å². The van der Waals surface area contributed by atoms with Crippen molar-refractivity contribution >= 4 is 28.9 Å². The highest BCUT2D eigenvalue weighted by Gasteiger charge is 2.19. The molecule has 0 aromatic heterocycles. The first kappa shape index (κ1) is 21.1. The monoisotopic (exact) mass is 416 g/mol. The number of non-ortho nitro benzene ring substituents is 1. The molecule has 0 heterocycles. The minimum Gasteiger partial charge on any atom is -0.478 e. The van der Waals surface area contributed by atoms with Crippen LogP contribution in [0.25, 0.3) is 0 Å². The molecule has 0 aliphatic rings. The van der Waals surface area contributed by atoms with Crippen molar-refractivity contribution in [3.05, 3.63) is 117 Å². The van der Waals surface area contributed by atoms with Gasteiger partial charge in [-0.05, 0) is 30.3 Å². The van der Waals surface area contributed by atoms with Gasteiger partial charge in [0.2, 0.25) is 5.78 Å². The second-order valence-electron chi connectivity index (χ2n) is 6.40. The van der Waals surface area contributed by atoms with Crippen LogP contribution in [-0.2, 0) is 0 Å². The van der Waals surface area contributed by atoms with Gasteiger partial charge >= 0.3 is 5.97 Å². The minimum atomic E-state index is -1.27. The van der Waals surface area contributed by atoms with Crippen LogP contribution < -0.4 is 5.32 Å². The summed E-state index contributed by atoms with van der Waals surface area (Å²) >= 11 is 0. The normalized spacial score (nSPS) is 10.9. The zero-order valence-electron chi connectivity index (χ0n) is 16.0. The molecule has 0 aliphatic carbocycles. The van der Waals surface area contributed by atoms with Crippen molar-refractivity contribution in [2.24, 2.45) is 0 Å². The Balaban J connectivity index is 2.02. The van der Waals surface area contributed by atoms with Crippen molar-refractivity contribution in [3.8, 4) is 0 Å². The summed E-state index contributed by atoms with van der Waals surface area (Å²) in [6, 6.07) is 19.3. The number of aromatic carboxylic acids is 1. The van der Waals surface area contributed by atoms with E-state index < -0.39 is 22.5 Å². The molecule has 0 amide bonds. The van der Waals surface area contributed by atoms with Gasteiger partial charge in [-0.25, -0.2) is 4.79 Å². The van der Waals surface area contributed by atoms with E-state index in [2.05, 4.69) is 5.32 Å². The van der Waals surface area contributed by atoms with Gasteiger partial charge in [0.05, 0.1) is 16.2 Å². The van der Waals surface area contributed by atoms with E-state index >= 15 is 0 Å². The molecule has 0 spiro atoms. The van der Waals surface area contributed by atoms with Gasteiger partial charge < -0.3 is 10.4 Å². The average Bonchev–Trinajstić information content (AvgIpc) is 2.78. The lowest BCUT2D eigenvalue weighted by molar-refractivity contribution is -0.384. The Morgan fingerprint density at radius 3 is 2.00 bits per heavy atom. The molecule has 3 rings (SSSR count). The van der Waals surface area contributed by atoms with E-state index in [1.165, 1.54) is 48.5 Å². The number of anilines is 1. The van der Waals surface area contributed by atoms with Crippen molar-refractivity contribution in [1.82, 2.24) is 0 Å². The fourth-order valence-corrected chi connectivity index (χ4v) is 2.82. The number of benzene rings is 3. The zero-order valence-corrected chi connectivity index (χ0v) is 16.0. The first-order chi connectivity index (χ1) is 14.9. The van der Waals surface area contributed by atoms with E-state index in [-0.39, 0.29) is 28.1 Å². The lowest BCUT2D eigenvalue weighted by Crippen LogP contribution is -2.15. The third-order valence-electron chi connectivity index (χ3n) is 4.34. The summed E-state index contributed by atoms with van der Waals surface area (Å²) < 4.78 is 0. The molecule has 0 fully saturated rings. The van der Waals surface area contributed by atoms with Gasteiger partial charge in [-0.2, -0.15) is 0 Å². The zero-order chi connectivity index (χ0) is 22.4. The van der Waals surface area contributed by atoms with Crippen molar-refractivity contribution < 1.29 is 24.4 Å². The predicted octanol–water partition coefficient (Wildman–Crippen LogP) is 4.35. The Bertz CT molecular complexity index is 1180. The second kappa shape index (κ2) is 9.27. The van der Waals surface area contributed by atoms with Crippen LogP contribution in [0.15, 0.2) is 90.6 Å². The number of allylic oxidation sites excluding steroid dienone is 2. The molecule has 8 nitrogen and oxygen atoms in total. The standard InChI is InChI=1S/C23H16N2O6/c26-21(18-8-4-5-9-19(18)23(28)29)14-20(24-16-6-2-1-3-7-16)22(27)15-10-12-17(13-11-15)25(30)31/h1-14,24H,(H,28,29)/b20-14-. The van der Waals surface area contributed by atoms with E-state index in [1.54, 1.807) is 30.3 Å². The number of hydrogen-bond donors (Lipinski definition) is 2. The number of nitro groups is 1. The first-order valence-electron chi connectivity index (χ1n) is 9.06. The Morgan fingerprint density at radius 2 is 1.42 bits per heavy atom. The molecular formula is C23H16N2O6. The number of ketones is 2. The van der Waals surface area contributed by atoms with Crippen molar-refractivity contribution in [2.75, 3.05) is 5.32 Å². The molecule has 2 N–H and O–H groups in total. The summed E-state index contributed by atoms with van der Waals surface area (Å²) in [5.74, 6) is -2.52. The van der Waals surface area contributed by atoms with Gasteiger partial charge in [-0.15, -0.1) is 0 Å². The van der Waals surface area contributed by atoms with E-state index in [9.17, 15) is 29.6 Å². The van der Waals surface area contributed by atoms with E-state index in [1.807, 2.05) is 0 Å². The molecule has 0 radical (unpaired) electrons. The minimum absolute atomic E-state index is 0.0705. The number of carboxylic acids is 1. The summed E-state index contributed by atoms with van der Waals surface area (Å²) in [7, 11) is 0. The quantitative estimate of drug-likeness (QED) is 0.242. The Morgan fingerprint density at radius 1 is 0.839 bits per heavy atom. The van der Waals surface area contributed by atoms with Crippen LogP contribution in [0.2, 0.25) is 0 Å². The highest BCUT2D eigenvalue weighted by atomic mass is 16.6. The van der Waals surface area contributed by atoms with Gasteiger partial charge in [0.25, 0.3) is 5.69 Å².